The van der Waals surface area contributed by atoms with E-state index in [0.717, 1.165) is 12.3 Å². The molecule has 0 unspecified atom stereocenters. The number of hydrogen-bond donors (Lipinski definition) is 0. The van der Waals surface area contributed by atoms with E-state index in [9.17, 15) is 0 Å². The second kappa shape index (κ2) is 4.27. The van der Waals surface area contributed by atoms with E-state index < -0.39 is 0 Å². The molecule has 2 aromatic rings. The average molecular weight is 258 g/mol. The average Bonchev–Trinajstić information content (AvgIpc) is 3.05. The van der Waals surface area contributed by atoms with Gasteiger partial charge in [0.05, 0.1) is 12.6 Å². The molecule has 0 atom stereocenters. The first-order chi connectivity index (χ1) is 9.07. The number of benzene rings is 1. The highest BCUT2D eigenvalue weighted by Crippen LogP contribution is 2.42. The van der Waals surface area contributed by atoms with Gasteiger partial charge in [-0.05, 0) is 52.1 Å². The number of fused-ring (bicyclic) bond motifs is 1. The number of nitrogens with zero attached hydrogens (tertiary/aromatic N) is 2. The van der Waals surface area contributed by atoms with Crippen LogP contribution in [0.15, 0.2) is 24.4 Å². The molecule has 0 N–H and O–H groups in total. The van der Waals surface area contributed by atoms with E-state index in [2.05, 4.69) is 54.9 Å². The number of methoxy groups -OCH3 is 1. The van der Waals surface area contributed by atoms with Gasteiger partial charge in [-0.2, -0.15) is 0 Å². The van der Waals surface area contributed by atoms with Gasteiger partial charge in [-0.3, -0.25) is 0 Å². The van der Waals surface area contributed by atoms with Crippen LogP contribution in [0.25, 0.3) is 10.9 Å². The molecule has 1 fully saturated rings. The molecule has 3 nitrogen and oxygen atoms in total. The number of rotatable bonds is 4. The fourth-order valence-electron chi connectivity index (χ4n) is 3.02. The lowest BCUT2D eigenvalue weighted by molar-refractivity contribution is 0.244. The summed E-state index contributed by atoms with van der Waals surface area (Å²) >= 11 is 0. The molecule has 1 aliphatic carbocycles. The second-order valence-electron chi connectivity index (χ2n) is 5.89. The molecule has 3 rings (SSSR count). The van der Waals surface area contributed by atoms with Crippen LogP contribution in [0.4, 0.5) is 0 Å². The standard InChI is InChI=1S/C16H22N2O/c1-12-14(19-4)6-5-13-7-10-18(15(12)13)11-16(8-9-16)17(2)3/h5-7,10H,8-9,11H2,1-4H3. The zero-order valence-electron chi connectivity index (χ0n) is 12.2. The Hall–Kier alpha value is -1.48. The zero-order chi connectivity index (χ0) is 13.6. The predicted molar refractivity (Wildman–Crippen MR) is 78.9 cm³/mol. The van der Waals surface area contributed by atoms with Gasteiger partial charge in [-0.15, -0.1) is 0 Å². The van der Waals surface area contributed by atoms with Gasteiger partial charge in [0.15, 0.2) is 0 Å². The van der Waals surface area contributed by atoms with Crippen molar-refractivity contribution in [3.8, 4) is 5.75 Å². The Morgan fingerprint density at radius 1 is 1.26 bits per heavy atom. The summed E-state index contributed by atoms with van der Waals surface area (Å²) in [5.41, 5.74) is 2.91. The van der Waals surface area contributed by atoms with Crippen molar-refractivity contribution in [3.05, 3.63) is 30.0 Å². The highest BCUT2D eigenvalue weighted by Gasteiger charge is 2.45. The summed E-state index contributed by atoms with van der Waals surface area (Å²) in [6.07, 6.45) is 4.80. The number of ether oxygens (including phenoxy) is 1. The summed E-state index contributed by atoms with van der Waals surface area (Å²) in [7, 11) is 6.11. The van der Waals surface area contributed by atoms with Gasteiger partial charge in [0, 0.05) is 29.2 Å². The van der Waals surface area contributed by atoms with E-state index in [0.29, 0.717) is 5.54 Å². The monoisotopic (exact) mass is 258 g/mol. The first-order valence-corrected chi connectivity index (χ1v) is 6.87. The molecule has 1 aromatic carbocycles. The number of aryl methyl sites for hydroxylation is 1. The Labute approximate surface area is 114 Å². The summed E-state index contributed by atoms with van der Waals surface area (Å²) < 4.78 is 7.84. The Balaban J connectivity index is 2.05. The Kier molecular flexibility index (Phi) is 2.82. The van der Waals surface area contributed by atoms with Crippen molar-refractivity contribution < 1.29 is 4.74 Å². The van der Waals surface area contributed by atoms with Crippen LogP contribution in [0, 0.1) is 6.92 Å². The van der Waals surface area contributed by atoms with E-state index in [4.69, 9.17) is 4.74 Å². The van der Waals surface area contributed by atoms with Crippen LogP contribution in [0.2, 0.25) is 0 Å². The lowest BCUT2D eigenvalue weighted by Gasteiger charge is -2.25. The normalized spacial score (nSPS) is 17.1. The predicted octanol–water partition coefficient (Wildman–Crippen LogP) is 3.05. The molecule has 102 valence electrons. The van der Waals surface area contributed by atoms with Crippen molar-refractivity contribution in [1.82, 2.24) is 9.47 Å². The fourth-order valence-corrected chi connectivity index (χ4v) is 3.02. The molecule has 1 aliphatic rings. The highest BCUT2D eigenvalue weighted by molar-refractivity contribution is 5.85. The Bertz CT molecular complexity index is 608. The molecule has 0 aliphatic heterocycles. The van der Waals surface area contributed by atoms with Crippen molar-refractivity contribution in [2.45, 2.75) is 31.8 Å². The van der Waals surface area contributed by atoms with Gasteiger partial charge in [0.2, 0.25) is 0 Å². The Morgan fingerprint density at radius 3 is 2.58 bits per heavy atom. The van der Waals surface area contributed by atoms with Crippen LogP contribution in [-0.4, -0.2) is 36.2 Å². The van der Waals surface area contributed by atoms with Gasteiger partial charge >= 0.3 is 0 Å². The van der Waals surface area contributed by atoms with E-state index in [1.54, 1.807) is 7.11 Å². The lowest BCUT2D eigenvalue weighted by atomic mass is 10.1. The van der Waals surface area contributed by atoms with Crippen LogP contribution < -0.4 is 4.74 Å². The van der Waals surface area contributed by atoms with Gasteiger partial charge in [-0.25, -0.2) is 0 Å². The number of aromatic nitrogens is 1. The quantitative estimate of drug-likeness (QED) is 0.838. The molecule has 1 aromatic heterocycles. The van der Waals surface area contributed by atoms with Crippen LogP contribution >= 0.6 is 0 Å². The van der Waals surface area contributed by atoms with Gasteiger partial charge < -0.3 is 14.2 Å². The molecular formula is C16H22N2O. The van der Waals surface area contributed by atoms with E-state index >= 15 is 0 Å². The molecule has 19 heavy (non-hydrogen) atoms. The molecule has 0 spiro atoms. The molecule has 3 heteroatoms. The van der Waals surface area contributed by atoms with E-state index in [1.165, 1.54) is 29.3 Å². The second-order valence-corrected chi connectivity index (χ2v) is 5.89. The van der Waals surface area contributed by atoms with Gasteiger partial charge in [-0.1, -0.05) is 0 Å². The first kappa shape index (κ1) is 12.5. The summed E-state index contributed by atoms with van der Waals surface area (Å²) in [5.74, 6) is 0.974. The molecule has 1 saturated carbocycles. The van der Waals surface area contributed by atoms with Crippen LogP contribution in [0.1, 0.15) is 18.4 Å². The largest absolute Gasteiger partial charge is 0.496 e. The number of hydrogen-bond acceptors (Lipinski definition) is 2. The smallest absolute Gasteiger partial charge is 0.123 e. The minimum Gasteiger partial charge on any atom is -0.496 e. The summed E-state index contributed by atoms with van der Waals surface area (Å²) in [5, 5.41) is 1.30. The molecule has 0 amide bonds. The maximum Gasteiger partial charge on any atom is 0.123 e. The minimum absolute atomic E-state index is 0.363. The zero-order valence-corrected chi connectivity index (χ0v) is 12.2. The summed E-state index contributed by atoms with van der Waals surface area (Å²) in [6.45, 7) is 3.21. The SMILES string of the molecule is COc1ccc2ccn(CC3(N(C)C)CC3)c2c1C. The maximum atomic E-state index is 5.45. The molecule has 0 radical (unpaired) electrons. The van der Waals surface area contributed by atoms with E-state index in [1.807, 2.05) is 0 Å². The fraction of sp³-hybridized carbons (Fsp3) is 0.500. The van der Waals surface area contributed by atoms with E-state index in [-0.39, 0.29) is 0 Å². The minimum atomic E-state index is 0.363. The van der Waals surface area contributed by atoms with Crippen molar-refractivity contribution >= 4 is 10.9 Å². The van der Waals surface area contributed by atoms with Gasteiger partial charge in [0.25, 0.3) is 0 Å². The third-order valence-electron chi connectivity index (χ3n) is 4.59. The van der Waals surface area contributed by atoms with Crippen molar-refractivity contribution in [3.63, 3.8) is 0 Å². The highest BCUT2D eigenvalue weighted by atomic mass is 16.5. The third-order valence-corrected chi connectivity index (χ3v) is 4.59. The maximum absolute atomic E-state index is 5.45. The molecule has 1 heterocycles. The summed E-state index contributed by atoms with van der Waals surface area (Å²) in [4.78, 5) is 2.37. The topological polar surface area (TPSA) is 17.4 Å². The lowest BCUT2D eigenvalue weighted by Crippen LogP contribution is -2.34. The molecule has 0 bridgehead atoms. The van der Waals surface area contributed by atoms with Crippen LogP contribution in [-0.2, 0) is 6.54 Å². The van der Waals surface area contributed by atoms with Crippen LogP contribution in [0.3, 0.4) is 0 Å². The summed E-state index contributed by atoms with van der Waals surface area (Å²) in [6, 6.07) is 6.40. The van der Waals surface area contributed by atoms with Gasteiger partial charge in [0.1, 0.15) is 5.75 Å². The van der Waals surface area contributed by atoms with Crippen molar-refractivity contribution in [1.29, 1.82) is 0 Å². The van der Waals surface area contributed by atoms with Crippen LogP contribution in [0.5, 0.6) is 5.75 Å². The Morgan fingerprint density at radius 2 is 2.00 bits per heavy atom. The molecular weight excluding hydrogens is 236 g/mol. The van der Waals surface area contributed by atoms with Crippen molar-refractivity contribution in [2.75, 3.05) is 21.2 Å². The van der Waals surface area contributed by atoms with Crippen molar-refractivity contribution in [2.24, 2.45) is 0 Å². The molecule has 0 saturated heterocycles. The third kappa shape index (κ3) is 1.93. The number of likely N-dealkylation sites (N-methyl/N-ethyl adjacent to an activating group) is 1. The first-order valence-electron chi connectivity index (χ1n) is 6.87.